The molecule has 1 aromatic carbocycles. The van der Waals surface area contributed by atoms with Crippen molar-refractivity contribution in [2.75, 3.05) is 31.1 Å². The van der Waals surface area contributed by atoms with Crippen molar-refractivity contribution in [2.45, 2.75) is 38.1 Å². The lowest BCUT2D eigenvalue weighted by molar-refractivity contribution is 0.148. The van der Waals surface area contributed by atoms with Gasteiger partial charge in [-0.25, -0.2) is 0 Å². The quantitative estimate of drug-likeness (QED) is 0.827. The van der Waals surface area contributed by atoms with Crippen molar-refractivity contribution in [2.24, 2.45) is 0 Å². The van der Waals surface area contributed by atoms with Crippen molar-refractivity contribution in [3.05, 3.63) is 29.8 Å². The van der Waals surface area contributed by atoms with Crippen LogP contribution >= 0.6 is 0 Å². The predicted octanol–water partition coefficient (Wildman–Crippen LogP) is 3.01. The summed E-state index contributed by atoms with van der Waals surface area (Å²) in [5.74, 6) is 0. The minimum atomic E-state index is 0.745. The lowest BCUT2D eigenvalue weighted by Crippen LogP contribution is -2.50. The van der Waals surface area contributed by atoms with Crippen molar-refractivity contribution >= 4 is 5.69 Å². The van der Waals surface area contributed by atoms with Crippen molar-refractivity contribution in [3.63, 3.8) is 0 Å². The third-order valence-electron chi connectivity index (χ3n) is 4.77. The van der Waals surface area contributed by atoms with Crippen LogP contribution in [0.25, 0.3) is 0 Å². The number of benzene rings is 1. The fraction of sp³-hybridized carbons (Fsp3) is 0.588. The highest BCUT2D eigenvalue weighted by molar-refractivity contribution is 5.50. The average molecular weight is 269 g/mol. The highest BCUT2D eigenvalue weighted by atomic mass is 15.3. The summed E-state index contributed by atoms with van der Waals surface area (Å²) in [5, 5.41) is 8.85. The maximum absolute atomic E-state index is 8.85. The topological polar surface area (TPSA) is 30.3 Å². The van der Waals surface area contributed by atoms with Crippen molar-refractivity contribution in [1.29, 1.82) is 5.26 Å². The van der Waals surface area contributed by atoms with Crippen LogP contribution in [0.2, 0.25) is 0 Å². The number of nitriles is 1. The van der Waals surface area contributed by atoms with E-state index in [2.05, 4.69) is 28.0 Å². The number of piperazine rings is 1. The predicted molar refractivity (Wildman–Crippen MR) is 81.8 cm³/mol. The van der Waals surface area contributed by atoms with E-state index in [1.54, 1.807) is 0 Å². The summed E-state index contributed by atoms with van der Waals surface area (Å²) in [7, 11) is 0. The van der Waals surface area contributed by atoms with Gasteiger partial charge in [-0.05, 0) is 37.1 Å². The number of hydrogen-bond donors (Lipinski definition) is 0. The molecule has 106 valence electrons. The zero-order valence-electron chi connectivity index (χ0n) is 12.1. The monoisotopic (exact) mass is 269 g/mol. The minimum absolute atomic E-state index is 0.745. The molecule has 0 unspecified atom stereocenters. The molecule has 0 spiro atoms. The van der Waals surface area contributed by atoms with E-state index in [1.807, 2.05) is 12.1 Å². The van der Waals surface area contributed by atoms with Gasteiger partial charge in [0.25, 0.3) is 0 Å². The fourth-order valence-electron chi connectivity index (χ4n) is 3.54. The molecule has 1 saturated carbocycles. The van der Waals surface area contributed by atoms with Crippen LogP contribution in [0.3, 0.4) is 0 Å². The number of anilines is 1. The Morgan fingerprint density at radius 2 is 1.55 bits per heavy atom. The van der Waals surface area contributed by atoms with Gasteiger partial charge in [0.1, 0.15) is 0 Å². The zero-order valence-corrected chi connectivity index (χ0v) is 12.1. The second-order valence-corrected chi connectivity index (χ2v) is 5.97. The lowest BCUT2D eigenvalue weighted by Gasteiger charge is -2.41. The Morgan fingerprint density at radius 3 is 2.15 bits per heavy atom. The first kappa shape index (κ1) is 13.5. The molecule has 0 aromatic heterocycles. The van der Waals surface area contributed by atoms with Gasteiger partial charge in [0.15, 0.2) is 0 Å². The van der Waals surface area contributed by atoms with Crippen LogP contribution in [0.1, 0.15) is 37.7 Å². The molecule has 1 saturated heterocycles. The fourth-order valence-corrected chi connectivity index (χ4v) is 3.54. The molecule has 3 nitrogen and oxygen atoms in total. The highest BCUT2D eigenvalue weighted by Gasteiger charge is 2.25. The summed E-state index contributed by atoms with van der Waals surface area (Å²) in [4.78, 5) is 5.14. The van der Waals surface area contributed by atoms with Crippen molar-refractivity contribution in [3.8, 4) is 6.07 Å². The Hall–Kier alpha value is -1.53. The molecule has 0 amide bonds. The molecule has 3 rings (SSSR count). The largest absolute Gasteiger partial charge is 0.369 e. The summed E-state index contributed by atoms with van der Waals surface area (Å²) >= 11 is 0. The SMILES string of the molecule is N#Cc1ccc(N2CCN(C3CCCCC3)CC2)cc1. The van der Waals surface area contributed by atoms with E-state index in [0.29, 0.717) is 0 Å². The van der Waals surface area contributed by atoms with Crippen LogP contribution in [0.5, 0.6) is 0 Å². The van der Waals surface area contributed by atoms with Gasteiger partial charge in [-0.2, -0.15) is 5.26 Å². The second-order valence-electron chi connectivity index (χ2n) is 5.97. The van der Waals surface area contributed by atoms with E-state index in [1.165, 1.54) is 50.9 Å². The van der Waals surface area contributed by atoms with E-state index in [4.69, 9.17) is 5.26 Å². The van der Waals surface area contributed by atoms with Gasteiger partial charge in [0.2, 0.25) is 0 Å². The minimum Gasteiger partial charge on any atom is -0.369 e. The van der Waals surface area contributed by atoms with Gasteiger partial charge in [-0.15, -0.1) is 0 Å². The van der Waals surface area contributed by atoms with Gasteiger partial charge in [0.05, 0.1) is 11.6 Å². The second kappa shape index (κ2) is 6.28. The number of nitrogens with zero attached hydrogens (tertiary/aromatic N) is 3. The van der Waals surface area contributed by atoms with Gasteiger partial charge in [-0.3, -0.25) is 4.90 Å². The average Bonchev–Trinajstić information content (AvgIpc) is 2.56. The molecule has 0 bridgehead atoms. The Morgan fingerprint density at radius 1 is 0.900 bits per heavy atom. The molecular weight excluding hydrogens is 246 g/mol. The summed E-state index contributed by atoms with van der Waals surface area (Å²) in [6.07, 6.45) is 7.07. The third kappa shape index (κ3) is 2.96. The Labute approximate surface area is 121 Å². The van der Waals surface area contributed by atoms with Gasteiger partial charge < -0.3 is 4.90 Å². The van der Waals surface area contributed by atoms with Crippen LogP contribution < -0.4 is 4.90 Å². The molecule has 1 aliphatic carbocycles. The van der Waals surface area contributed by atoms with Crippen molar-refractivity contribution < 1.29 is 0 Å². The molecule has 20 heavy (non-hydrogen) atoms. The molecular formula is C17H23N3. The van der Waals surface area contributed by atoms with E-state index in [0.717, 1.165) is 24.7 Å². The van der Waals surface area contributed by atoms with E-state index in [-0.39, 0.29) is 0 Å². The maximum atomic E-state index is 8.85. The molecule has 1 aromatic rings. The lowest BCUT2D eigenvalue weighted by atomic mass is 9.94. The first-order chi connectivity index (χ1) is 9.86. The van der Waals surface area contributed by atoms with Crippen LogP contribution in [-0.4, -0.2) is 37.1 Å². The summed E-state index contributed by atoms with van der Waals surface area (Å²) in [6.45, 7) is 4.60. The Kier molecular flexibility index (Phi) is 4.22. The maximum Gasteiger partial charge on any atom is 0.0991 e. The van der Waals surface area contributed by atoms with Crippen LogP contribution in [-0.2, 0) is 0 Å². The standard InChI is InChI=1S/C17H23N3/c18-14-15-6-8-17(9-7-15)20-12-10-19(11-13-20)16-4-2-1-3-5-16/h6-9,16H,1-5,10-13H2. The smallest absolute Gasteiger partial charge is 0.0991 e. The molecule has 1 aliphatic heterocycles. The van der Waals surface area contributed by atoms with E-state index < -0.39 is 0 Å². The molecule has 0 radical (unpaired) electrons. The van der Waals surface area contributed by atoms with Crippen LogP contribution in [0.4, 0.5) is 5.69 Å². The summed E-state index contributed by atoms with van der Waals surface area (Å²) < 4.78 is 0. The van der Waals surface area contributed by atoms with Crippen molar-refractivity contribution in [1.82, 2.24) is 4.90 Å². The molecule has 3 heteroatoms. The van der Waals surface area contributed by atoms with Crippen LogP contribution in [0, 0.1) is 11.3 Å². The Bertz CT molecular complexity index is 460. The van der Waals surface area contributed by atoms with E-state index in [9.17, 15) is 0 Å². The Balaban J connectivity index is 1.56. The normalized spacial score (nSPS) is 21.6. The molecule has 2 fully saturated rings. The number of hydrogen-bond acceptors (Lipinski definition) is 3. The highest BCUT2D eigenvalue weighted by Crippen LogP contribution is 2.25. The van der Waals surface area contributed by atoms with Crippen LogP contribution in [0.15, 0.2) is 24.3 Å². The molecule has 0 N–H and O–H groups in total. The molecule has 1 heterocycles. The summed E-state index contributed by atoms with van der Waals surface area (Å²) in [6, 6.07) is 11.0. The van der Waals surface area contributed by atoms with Gasteiger partial charge >= 0.3 is 0 Å². The first-order valence-electron chi connectivity index (χ1n) is 7.86. The molecule has 2 aliphatic rings. The van der Waals surface area contributed by atoms with Gasteiger partial charge in [-0.1, -0.05) is 19.3 Å². The van der Waals surface area contributed by atoms with Gasteiger partial charge in [0, 0.05) is 37.9 Å². The first-order valence-corrected chi connectivity index (χ1v) is 7.86. The zero-order chi connectivity index (χ0) is 13.8. The molecule has 0 atom stereocenters. The number of rotatable bonds is 2. The summed E-state index contributed by atoms with van der Waals surface area (Å²) in [5.41, 5.74) is 2.00. The third-order valence-corrected chi connectivity index (χ3v) is 4.77. The van der Waals surface area contributed by atoms with E-state index >= 15 is 0 Å².